The Morgan fingerprint density at radius 1 is 1.45 bits per heavy atom. The first-order valence-electron chi connectivity index (χ1n) is 6.75. The van der Waals surface area contributed by atoms with Gasteiger partial charge in [0.25, 0.3) is 15.9 Å². The summed E-state index contributed by atoms with van der Waals surface area (Å²) in [5.74, 6) is 0.137. The zero-order chi connectivity index (χ0) is 15.7. The molecule has 0 radical (unpaired) electrons. The van der Waals surface area contributed by atoms with Crippen molar-refractivity contribution in [1.82, 2.24) is 10.2 Å². The van der Waals surface area contributed by atoms with Gasteiger partial charge in [-0.15, -0.1) is 15.7 Å². The number of amidine groups is 1. The van der Waals surface area contributed by atoms with Crippen LogP contribution in [-0.4, -0.2) is 37.4 Å². The SMILES string of the molecule is Cc1ccsc1CNC(=O)C1=CN2CCS(=O)(=O)N=C2C=C1. The fourth-order valence-corrected chi connectivity index (χ4v) is 4.00. The molecule has 6 nitrogen and oxygen atoms in total. The summed E-state index contributed by atoms with van der Waals surface area (Å²) in [6, 6.07) is 2.02. The number of amides is 1. The maximum absolute atomic E-state index is 12.2. The Labute approximate surface area is 132 Å². The molecule has 1 N–H and O–H groups in total. The monoisotopic (exact) mass is 337 g/mol. The van der Waals surface area contributed by atoms with Crippen molar-refractivity contribution < 1.29 is 13.2 Å². The quantitative estimate of drug-likeness (QED) is 0.898. The molecule has 1 aromatic rings. The van der Waals surface area contributed by atoms with Crippen LogP contribution in [-0.2, 0) is 21.4 Å². The summed E-state index contributed by atoms with van der Waals surface area (Å²) >= 11 is 1.61. The lowest BCUT2D eigenvalue weighted by molar-refractivity contribution is -0.117. The highest BCUT2D eigenvalue weighted by molar-refractivity contribution is 7.90. The van der Waals surface area contributed by atoms with Crippen LogP contribution >= 0.6 is 11.3 Å². The Bertz CT molecular complexity index is 803. The Balaban J connectivity index is 1.69. The first-order chi connectivity index (χ1) is 10.4. The van der Waals surface area contributed by atoms with Gasteiger partial charge in [-0.25, -0.2) is 8.42 Å². The van der Waals surface area contributed by atoms with Gasteiger partial charge in [-0.2, -0.15) is 0 Å². The van der Waals surface area contributed by atoms with Gasteiger partial charge in [0.1, 0.15) is 5.84 Å². The molecule has 0 saturated heterocycles. The van der Waals surface area contributed by atoms with Crippen molar-refractivity contribution in [2.45, 2.75) is 13.5 Å². The first kappa shape index (κ1) is 15.0. The summed E-state index contributed by atoms with van der Waals surface area (Å²) in [5, 5.41) is 4.87. The normalized spacial score (nSPS) is 19.2. The molecule has 8 heteroatoms. The van der Waals surface area contributed by atoms with Crippen LogP contribution in [0.4, 0.5) is 0 Å². The fourth-order valence-electron chi connectivity index (χ4n) is 2.18. The van der Waals surface area contributed by atoms with E-state index in [1.54, 1.807) is 34.6 Å². The Morgan fingerprint density at radius 2 is 2.27 bits per heavy atom. The lowest BCUT2D eigenvalue weighted by Gasteiger charge is -2.26. The van der Waals surface area contributed by atoms with Gasteiger partial charge < -0.3 is 10.2 Å². The van der Waals surface area contributed by atoms with Gasteiger partial charge in [-0.3, -0.25) is 4.79 Å². The third kappa shape index (κ3) is 3.12. The molecule has 1 amide bonds. The van der Waals surface area contributed by atoms with Crippen molar-refractivity contribution in [3.05, 3.63) is 45.8 Å². The maximum atomic E-state index is 12.2. The van der Waals surface area contributed by atoms with E-state index in [2.05, 4.69) is 9.71 Å². The predicted molar refractivity (Wildman–Crippen MR) is 86.1 cm³/mol. The average Bonchev–Trinajstić information content (AvgIpc) is 2.88. The van der Waals surface area contributed by atoms with Gasteiger partial charge >= 0.3 is 0 Å². The van der Waals surface area contributed by atoms with Crippen LogP contribution in [0.2, 0.25) is 0 Å². The minimum Gasteiger partial charge on any atom is -0.347 e. The van der Waals surface area contributed by atoms with Crippen molar-refractivity contribution in [2.75, 3.05) is 12.3 Å². The molecular formula is C14H15N3O3S2. The first-order valence-corrected chi connectivity index (χ1v) is 9.24. The molecule has 3 rings (SSSR count). The summed E-state index contributed by atoms with van der Waals surface area (Å²) in [6.45, 7) is 2.81. The molecule has 0 aliphatic carbocycles. The highest BCUT2D eigenvalue weighted by Crippen LogP contribution is 2.17. The minimum atomic E-state index is -3.37. The van der Waals surface area contributed by atoms with E-state index >= 15 is 0 Å². The number of aryl methyl sites for hydroxylation is 1. The van der Waals surface area contributed by atoms with Crippen molar-refractivity contribution in [3.63, 3.8) is 0 Å². The Hall–Kier alpha value is -1.93. The average molecular weight is 337 g/mol. The molecular weight excluding hydrogens is 322 g/mol. The highest BCUT2D eigenvalue weighted by atomic mass is 32.2. The summed E-state index contributed by atoms with van der Waals surface area (Å²) in [4.78, 5) is 15.0. The van der Waals surface area contributed by atoms with E-state index in [0.29, 0.717) is 24.5 Å². The van der Waals surface area contributed by atoms with E-state index in [1.165, 1.54) is 0 Å². The molecule has 22 heavy (non-hydrogen) atoms. The summed E-state index contributed by atoms with van der Waals surface area (Å²) in [5.41, 5.74) is 1.65. The van der Waals surface area contributed by atoms with Crippen molar-refractivity contribution >= 4 is 33.1 Å². The van der Waals surface area contributed by atoms with Crippen LogP contribution in [0.1, 0.15) is 10.4 Å². The second-order valence-corrected chi connectivity index (χ2v) is 7.81. The number of hydrogen-bond acceptors (Lipinski definition) is 5. The predicted octanol–water partition coefficient (Wildman–Crippen LogP) is 1.17. The van der Waals surface area contributed by atoms with E-state index in [-0.39, 0.29) is 11.7 Å². The zero-order valence-electron chi connectivity index (χ0n) is 11.9. The number of fused-ring (bicyclic) bond motifs is 1. The molecule has 2 aliphatic rings. The standard InChI is InChI=1S/C14H15N3O3S2/c1-10-4-6-21-12(10)8-15-14(18)11-2-3-13-16-22(19,20)7-5-17(13)9-11/h2-4,6,9H,5,7-8H2,1H3,(H,15,18). The lowest BCUT2D eigenvalue weighted by atomic mass is 10.1. The van der Waals surface area contributed by atoms with E-state index in [4.69, 9.17) is 0 Å². The van der Waals surface area contributed by atoms with Crippen molar-refractivity contribution in [3.8, 4) is 0 Å². The third-order valence-electron chi connectivity index (χ3n) is 3.46. The van der Waals surface area contributed by atoms with Crippen molar-refractivity contribution in [2.24, 2.45) is 4.40 Å². The smallest absolute Gasteiger partial charge is 0.256 e. The van der Waals surface area contributed by atoms with Crippen LogP contribution in [0, 0.1) is 6.92 Å². The number of nitrogens with one attached hydrogen (secondary N) is 1. The molecule has 0 saturated carbocycles. The topological polar surface area (TPSA) is 78.8 Å². The molecule has 3 heterocycles. The number of thiophene rings is 1. The molecule has 0 atom stereocenters. The summed E-state index contributed by atoms with van der Waals surface area (Å²) in [6.07, 6.45) is 4.79. The number of sulfonamides is 1. The molecule has 116 valence electrons. The second kappa shape index (κ2) is 5.69. The number of nitrogens with zero attached hydrogens (tertiary/aromatic N) is 2. The summed E-state index contributed by atoms with van der Waals surface area (Å²) < 4.78 is 26.6. The summed E-state index contributed by atoms with van der Waals surface area (Å²) in [7, 11) is -3.37. The maximum Gasteiger partial charge on any atom is 0.256 e. The molecule has 0 aromatic carbocycles. The van der Waals surface area contributed by atoms with Crippen molar-refractivity contribution in [1.29, 1.82) is 0 Å². The van der Waals surface area contributed by atoms with E-state index in [9.17, 15) is 13.2 Å². The number of carbonyl (C=O) groups excluding carboxylic acids is 1. The number of carbonyl (C=O) groups is 1. The molecule has 2 aliphatic heterocycles. The van der Waals surface area contributed by atoms with Gasteiger partial charge in [-0.1, -0.05) is 0 Å². The molecule has 0 spiro atoms. The lowest BCUT2D eigenvalue weighted by Crippen LogP contribution is -2.38. The number of hydrogen-bond donors (Lipinski definition) is 1. The van der Waals surface area contributed by atoms with Gasteiger partial charge in [0.2, 0.25) is 0 Å². The van der Waals surface area contributed by atoms with E-state index in [1.807, 2.05) is 18.4 Å². The van der Waals surface area contributed by atoms with E-state index < -0.39 is 10.0 Å². The molecule has 0 fully saturated rings. The van der Waals surface area contributed by atoms with Gasteiger partial charge in [0.15, 0.2) is 0 Å². The van der Waals surface area contributed by atoms with Gasteiger partial charge in [0.05, 0.1) is 17.9 Å². The largest absolute Gasteiger partial charge is 0.347 e. The van der Waals surface area contributed by atoms with Crippen LogP contribution in [0.25, 0.3) is 0 Å². The zero-order valence-corrected chi connectivity index (χ0v) is 13.6. The van der Waals surface area contributed by atoms with Crippen LogP contribution < -0.4 is 5.32 Å². The van der Waals surface area contributed by atoms with Crippen LogP contribution in [0.5, 0.6) is 0 Å². The van der Waals surface area contributed by atoms with Crippen LogP contribution in [0.15, 0.2) is 39.8 Å². The van der Waals surface area contributed by atoms with Gasteiger partial charge in [-0.05, 0) is 36.1 Å². The van der Waals surface area contributed by atoms with Crippen LogP contribution in [0.3, 0.4) is 0 Å². The molecule has 0 bridgehead atoms. The second-order valence-electron chi connectivity index (χ2n) is 5.06. The molecule has 1 aromatic heterocycles. The Kier molecular flexibility index (Phi) is 3.88. The van der Waals surface area contributed by atoms with E-state index in [0.717, 1.165) is 10.4 Å². The number of rotatable bonds is 3. The Morgan fingerprint density at radius 3 is 3.00 bits per heavy atom. The third-order valence-corrected chi connectivity index (χ3v) is 5.65. The highest BCUT2D eigenvalue weighted by Gasteiger charge is 2.24. The molecule has 0 unspecified atom stereocenters. The fraction of sp³-hybridized carbons (Fsp3) is 0.286. The minimum absolute atomic E-state index is 0.0376. The van der Waals surface area contributed by atoms with Gasteiger partial charge in [0, 0.05) is 17.6 Å².